The average molecular weight is 302 g/mol. The van der Waals surface area contributed by atoms with Gasteiger partial charge in [0.25, 0.3) is 0 Å². The molecule has 0 radical (unpaired) electrons. The molecule has 21 heavy (non-hydrogen) atoms. The van der Waals surface area contributed by atoms with Crippen LogP contribution in [0.5, 0.6) is 0 Å². The van der Waals surface area contributed by atoms with E-state index in [0.29, 0.717) is 0 Å². The van der Waals surface area contributed by atoms with Crippen LogP contribution in [-0.4, -0.2) is 5.91 Å². The van der Waals surface area contributed by atoms with Crippen molar-refractivity contribution in [3.05, 3.63) is 51.2 Å². The molecule has 1 aromatic heterocycles. The van der Waals surface area contributed by atoms with Crippen LogP contribution in [0.2, 0.25) is 0 Å². The van der Waals surface area contributed by atoms with Gasteiger partial charge >= 0.3 is 0 Å². The zero-order valence-electron chi connectivity index (χ0n) is 13.0. The number of hydrogen-bond donors (Lipinski definition) is 2. The van der Waals surface area contributed by atoms with Crippen molar-refractivity contribution in [1.82, 2.24) is 5.32 Å². The minimum absolute atomic E-state index is 0.0443. The summed E-state index contributed by atoms with van der Waals surface area (Å²) in [5.41, 5.74) is 3.38. The molecule has 0 aliphatic carbocycles. The quantitative estimate of drug-likeness (QED) is 0.870. The summed E-state index contributed by atoms with van der Waals surface area (Å²) in [6, 6.07) is 10.5. The Balaban J connectivity index is 2.01. The van der Waals surface area contributed by atoms with Crippen LogP contribution in [0.25, 0.3) is 0 Å². The van der Waals surface area contributed by atoms with E-state index in [4.69, 9.17) is 0 Å². The molecule has 1 atom stereocenters. The predicted octanol–water partition coefficient (Wildman–Crippen LogP) is 4.17. The molecule has 0 fully saturated rings. The lowest BCUT2D eigenvalue weighted by Crippen LogP contribution is -2.18. The lowest BCUT2D eigenvalue weighted by atomic mass is 10.1. The normalized spacial score (nSPS) is 12.2. The Morgan fingerprint density at radius 1 is 1.29 bits per heavy atom. The highest BCUT2D eigenvalue weighted by molar-refractivity contribution is 7.12. The molecule has 2 N–H and O–H groups in total. The third kappa shape index (κ3) is 4.41. The summed E-state index contributed by atoms with van der Waals surface area (Å²) in [6.07, 6.45) is 0. The van der Waals surface area contributed by atoms with Crippen LogP contribution in [0, 0.1) is 13.8 Å². The molecule has 0 saturated carbocycles. The highest BCUT2D eigenvalue weighted by atomic mass is 32.1. The first kappa shape index (κ1) is 15.7. The number of hydrogen-bond acceptors (Lipinski definition) is 3. The van der Waals surface area contributed by atoms with Crippen molar-refractivity contribution in [2.24, 2.45) is 0 Å². The SMILES string of the molecule is CC(=O)Nc1cccc(C(C)NCc2cc(C)sc2C)c1. The largest absolute Gasteiger partial charge is 0.326 e. The van der Waals surface area contributed by atoms with Crippen molar-refractivity contribution in [2.75, 3.05) is 5.32 Å². The van der Waals surface area contributed by atoms with Gasteiger partial charge in [-0.3, -0.25) is 4.79 Å². The van der Waals surface area contributed by atoms with Crippen LogP contribution in [0.4, 0.5) is 5.69 Å². The first-order valence-electron chi connectivity index (χ1n) is 7.12. The van der Waals surface area contributed by atoms with Gasteiger partial charge in [0.2, 0.25) is 5.91 Å². The van der Waals surface area contributed by atoms with E-state index >= 15 is 0 Å². The first-order valence-corrected chi connectivity index (χ1v) is 7.94. The van der Waals surface area contributed by atoms with Gasteiger partial charge < -0.3 is 10.6 Å². The molecule has 4 heteroatoms. The fourth-order valence-electron chi connectivity index (χ4n) is 2.33. The van der Waals surface area contributed by atoms with Crippen LogP contribution in [0.15, 0.2) is 30.3 Å². The van der Waals surface area contributed by atoms with E-state index in [1.807, 2.05) is 29.5 Å². The Kier molecular flexibility index (Phi) is 5.15. The number of amides is 1. The summed E-state index contributed by atoms with van der Waals surface area (Å²) in [5.74, 6) is -0.0443. The molecule has 0 aliphatic rings. The second-order valence-corrected chi connectivity index (χ2v) is 6.81. The lowest BCUT2D eigenvalue weighted by Gasteiger charge is -2.15. The van der Waals surface area contributed by atoms with E-state index in [0.717, 1.165) is 12.2 Å². The van der Waals surface area contributed by atoms with Crippen LogP contribution >= 0.6 is 11.3 Å². The minimum atomic E-state index is -0.0443. The summed E-state index contributed by atoms with van der Waals surface area (Å²) < 4.78 is 0. The summed E-state index contributed by atoms with van der Waals surface area (Å²) in [6.45, 7) is 8.83. The Morgan fingerprint density at radius 2 is 2.05 bits per heavy atom. The highest BCUT2D eigenvalue weighted by Crippen LogP contribution is 2.22. The number of nitrogens with one attached hydrogen (secondary N) is 2. The Bertz CT molecular complexity index is 633. The first-order chi connectivity index (χ1) is 9.95. The molecule has 0 bridgehead atoms. The smallest absolute Gasteiger partial charge is 0.221 e. The van der Waals surface area contributed by atoms with E-state index in [2.05, 4.69) is 43.5 Å². The molecular formula is C17H22N2OS. The van der Waals surface area contributed by atoms with Crippen molar-refractivity contribution in [3.63, 3.8) is 0 Å². The Hall–Kier alpha value is -1.65. The molecule has 1 unspecified atom stereocenters. The third-order valence-electron chi connectivity index (χ3n) is 3.45. The van der Waals surface area contributed by atoms with Crippen LogP contribution in [-0.2, 0) is 11.3 Å². The number of benzene rings is 1. The Labute approximate surface area is 130 Å². The number of thiophene rings is 1. The van der Waals surface area contributed by atoms with Crippen LogP contribution in [0.3, 0.4) is 0 Å². The van der Waals surface area contributed by atoms with Crippen molar-refractivity contribution < 1.29 is 4.79 Å². The van der Waals surface area contributed by atoms with E-state index in [9.17, 15) is 4.79 Å². The standard InChI is InChI=1S/C17H22N2OS/c1-11-8-16(13(3)21-11)10-18-12(2)15-6-5-7-17(9-15)19-14(4)20/h5-9,12,18H,10H2,1-4H3,(H,19,20). The van der Waals surface area contributed by atoms with Gasteiger partial charge in [-0.15, -0.1) is 11.3 Å². The molecule has 112 valence electrons. The summed E-state index contributed by atoms with van der Waals surface area (Å²) in [4.78, 5) is 13.8. The highest BCUT2D eigenvalue weighted by Gasteiger charge is 2.08. The molecule has 1 heterocycles. The third-order valence-corrected chi connectivity index (χ3v) is 4.46. The molecule has 3 nitrogen and oxygen atoms in total. The lowest BCUT2D eigenvalue weighted by molar-refractivity contribution is -0.114. The summed E-state index contributed by atoms with van der Waals surface area (Å²) >= 11 is 1.84. The second kappa shape index (κ2) is 6.87. The van der Waals surface area contributed by atoms with Crippen molar-refractivity contribution >= 4 is 22.9 Å². The number of carbonyl (C=O) groups is 1. The second-order valence-electron chi connectivity index (χ2n) is 5.35. The van der Waals surface area contributed by atoms with Crippen molar-refractivity contribution in [1.29, 1.82) is 0 Å². The maximum atomic E-state index is 11.1. The van der Waals surface area contributed by atoms with Gasteiger partial charge in [0.05, 0.1) is 0 Å². The topological polar surface area (TPSA) is 41.1 Å². The average Bonchev–Trinajstić information content (AvgIpc) is 2.74. The molecule has 2 rings (SSSR count). The molecule has 2 aromatic rings. The van der Waals surface area contributed by atoms with Gasteiger partial charge in [0.1, 0.15) is 0 Å². The molecule has 0 saturated heterocycles. The van der Waals surface area contributed by atoms with E-state index in [1.165, 1.54) is 27.8 Å². The van der Waals surface area contributed by atoms with Crippen LogP contribution in [0.1, 0.15) is 40.8 Å². The summed E-state index contributed by atoms with van der Waals surface area (Å²) in [7, 11) is 0. The predicted molar refractivity (Wildman–Crippen MR) is 89.8 cm³/mol. The fraction of sp³-hybridized carbons (Fsp3) is 0.353. The van der Waals surface area contributed by atoms with E-state index in [1.54, 1.807) is 0 Å². The number of anilines is 1. The molecule has 0 aliphatic heterocycles. The monoisotopic (exact) mass is 302 g/mol. The van der Waals surface area contributed by atoms with Gasteiger partial charge in [-0.2, -0.15) is 0 Å². The zero-order chi connectivity index (χ0) is 15.4. The number of aryl methyl sites for hydroxylation is 2. The van der Waals surface area contributed by atoms with Gasteiger partial charge in [0, 0.05) is 35.0 Å². The van der Waals surface area contributed by atoms with Gasteiger partial charge in [0.15, 0.2) is 0 Å². The number of rotatable bonds is 5. The van der Waals surface area contributed by atoms with Crippen LogP contribution < -0.4 is 10.6 Å². The van der Waals surface area contributed by atoms with Gasteiger partial charge in [-0.05, 0) is 50.1 Å². The Morgan fingerprint density at radius 3 is 2.67 bits per heavy atom. The van der Waals surface area contributed by atoms with Crippen molar-refractivity contribution in [3.8, 4) is 0 Å². The van der Waals surface area contributed by atoms with Crippen molar-refractivity contribution in [2.45, 2.75) is 40.3 Å². The maximum Gasteiger partial charge on any atom is 0.221 e. The zero-order valence-corrected chi connectivity index (χ0v) is 13.8. The molecular weight excluding hydrogens is 280 g/mol. The summed E-state index contributed by atoms with van der Waals surface area (Å²) in [5, 5.41) is 6.37. The molecule has 0 spiro atoms. The molecule has 1 amide bonds. The van der Waals surface area contributed by atoms with E-state index < -0.39 is 0 Å². The number of carbonyl (C=O) groups excluding carboxylic acids is 1. The van der Waals surface area contributed by atoms with E-state index in [-0.39, 0.29) is 11.9 Å². The molecule has 1 aromatic carbocycles. The fourth-order valence-corrected chi connectivity index (χ4v) is 3.28. The maximum absolute atomic E-state index is 11.1. The van der Waals surface area contributed by atoms with Gasteiger partial charge in [-0.25, -0.2) is 0 Å². The van der Waals surface area contributed by atoms with Gasteiger partial charge in [-0.1, -0.05) is 12.1 Å². The minimum Gasteiger partial charge on any atom is -0.326 e.